The van der Waals surface area contributed by atoms with E-state index < -0.39 is 0 Å². The predicted octanol–water partition coefficient (Wildman–Crippen LogP) is 2.49. The first kappa shape index (κ1) is 16.2. The van der Waals surface area contributed by atoms with E-state index in [0.29, 0.717) is 0 Å². The monoisotopic (exact) mass is 307 g/mol. The van der Waals surface area contributed by atoms with Crippen LogP contribution in [0.2, 0.25) is 0 Å². The molecule has 1 unspecified atom stereocenters. The average molecular weight is 308 g/mol. The second kappa shape index (κ2) is 8.37. The van der Waals surface area contributed by atoms with Crippen molar-refractivity contribution in [2.75, 3.05) is 25.7 Å². The Balaban J connectivity index is 2.29. The van der Waals surface area contributed by atoms with E-state index >= 15 is 0 Å². The number of nitrogens with zero attached hydrogens (tertiary/aromatic N) is 2. The van der Waals surface area contributed by atoms with Crippen LogP contribution in [-0.4, -0.2) is 46.5 Å². The Morgan fingerprint density at radius 1 is 1.39 bits per heavy atom. The zero-order chi connectivity index (χ0) is 13.4. The van der Waals surface area contributed by atoms with Gasteiger partial charge in [-0.05, 0) is 32.6 Å². The highest BCUT2D eigenvalue weighted by atomic mass is 32.2. The molecule has 1 heterocycles. The molecule has 1 aromatic heterocycles. The first-order chi connectivity index (χ1) is 8.69. The number of rotatable bonds is 9. The zero-order valence-electron chi connectivity index (χ0n) is 11.1. The summed E-state index contributed by atoms with van der Waals surface area (Å²) >= 11 is 5.03. The summed E-state index contributed by atoms with van der Waals surface area (Å²) in [5, 5.41) is 20.9. The van der Waals surface area contributed by atoms with Crippen molar-refractivity contribution in [2.45, 2.75) is 40.4 Å². The number of thioether (sulfide) groups is 2. The highest BCUT2D eigenvalue weighted by molar-refractivity contribution is 8.02. The van der Waals surface area contributed by atoms with E-state index in [4.69, 9.17) is 0 Å². The molecule has 0 aliphatic carbocycles. The van der Waals surface area contributed by atoms with Gasteiger partial charge in [0.25, 0.3) is 0 Å². The summed E-state index contributed by atoms with van der Waals surface area (Å²) in [6, 6.07) is 0. The maximum absolute atomic E-state index is 9.44. The van der Waals surface area contributed by atoms with Gasteiger partial charge in [-0.3, -0.25) is 0 Å². The molecular formula is C11H21N3OS3. The Kier molecular flexibility index (Phi) is 7.55. The van der Waals surface area contributed by atoms with Gasteiger partial charge in [-0.1, -0.05) is 41.8 Å². The van der Waals surface area contributed by atoms with Gasteiger partial charge in [-0.25, -0.2) is 0 Å². The maximum atomic E-state index is 9.44. The SMILES string of the molecule is CCC(CO)(CCCSc1nnc(SC)s1)NC. The molecule has 104 valence electrons. The minimum Gasteiger partial charge on any atom is -0.394 e. The normalized spacial score (nSPS) is 14.7. The van der Waals surface area contributed by atoms with E-state index in [0.717, 1.165) is 33.7 Å². The molecule has 0 spiro atoms. The summed E-state index contributed by atoms with van der Waals surface area (Å²) in [5.74, 6) is 1.02. The third-order valence-electron chi connectivity index (χ3n) is 3.10. The highest BCUT2D eigenvalue weighted by Gasteiger charge is 2.24. The quantitative estimate of drug-likeness (QED) is 0.540. The van der Waals surface area contributed by atoms with E-state index in [1.807, 2.05) is 13.3 Å². The fraction of sp³-hybridized carbons (Fsp3) is 0.818. The topological polar surface area (TPSA) is 58.0 Å². The van der Waals surface area contributed by atoms with Crippen molar-refractivity contribution in [3.8, 4) is 0 Å². The fourth-order valence-electron chi connectivity index (χ4n) is 1.66. The predicted molar refractivity (Wildman–Crippen MR) is 80.8 cm³/mol. The van der Waals surface area contributed by atoms with Gasteiger partial charge in [0, 0.05) is 11.3 Å². The molecular weight excluding hydrogens is 286 g/mol. The minimum absolute atomic E-state index is 0.119. The summed E-state index contributed by atoms with van der Waals surface area (Å²) in [7, 11) is 1.92. The molecule has 0 bridgehead atoms. The summed E-state index contributed by atoms with van der Waals surface area (Å²) in [5.41, 5.74) is -0.119. The summed E-state index contributed by atoms with van der Waals surface area (Å²) < 4.78 is 2.06. The maximum Gasteiger partial charge on any atom is 0.175 e. The van der Waals surface area contributed by atoms with Crippen molar-refractivity contribution in [1.82, 2.24) is 15.5 Å². The van der Waals surface area contributed by atoms with E-state index in [2.05, 4.69) is 22.4 Å². The Morgan fingerprint density at radius 3 is 2.61 bits per heavy atom. The van der Waals surface area contributed by atoms with E-state index in [1.165, 1.54) is 0 Å². The molecule has 1 atom stereocenters. The van der Waals surface area contributed by atoms with Gasteiger partial charge < -0.3 is 10.4 Å². The lowest BCUT2D eigenvalue weighted by Crippen LogP contribution is -2.45. The third-order valence-corrected chi connectivity index (χ3v) is 6.22. The number of hydrogen-bond donors (Lipinski definition) is 2. The molecule has 7 heteroatoms. The standard InChI is InChI=1S/C11H21N3OS3/c1-4-11(8-15,12-2)6-5-7-17-10-14-13-9(16-3)18-10/h12,15H,4-8H2,1-3H3. The van der Waals surface area contributed by atoms with Crippen LogP contribution >= 0.6 is 34.9 Å². The van der Waals surface area contributed by atoms with Gasteiger partial charge >= 0.3 is 0 Å². The molecule has 0 radical (unpaired) electrons. The number of hydrogen-bond acceptors (Lipinski definition) is 7. The van der Waals surface area contributed by atoms with Crippen molar-refractivity contribution in [3.05, 3.63) is 0 Å². The second-order valence-electron chi connectivity index (χ2n) is 4.03. The fourth-order valence-corrected chi connectivity index (χ4v) is 4.10. The van der Waals surface area contributed by atoms with Crippen molar-refractivity contribution in [3.63, 3.8) is 0 Å². The third kappa shape index (κ3) is 4.70. The number of nitrogens with one attached hydrogen (secondary N) is 1. The van der Waals surface area contributed by atoms with Crippen LogP contribution in [0.5, 0.6) is 0 Å². The molecule has 0 amide bonds. The second-order valence-corrected chi connectivity index (χ2v) is 7.40. The Labute approximate surface area is 121 Å². The van der Waals surface area contributed by atoms with Crippen LogP contribution in [-0.2, 0) is 0 Å². The Morgan fingerprint density at radius 2 is 2.11 bits per heavy atom. The van der Waals surface area contributed by atoms with Crippen molar-refractivity contribution in [1.29, 1.82) is 0 Å². The highest BCUT2D eigenvalue weighted by Crippen LogP contribution is 2.28. The van der Waals surface area contributed by atoms with Crippen LogP contribution in [0.4, 0.5) is 0 Å². The lowest BCUT2D eigenvalue weighted by Gasteiger charge is -2.30. The zero-order valence-corrected chi connectivity index (χ0v) is 13.6. The number of aliphatic hydroxyl groups is 1. The first-order valence-electron chi connectivity index (χ1n) is 5.99. The Hall–Kier alpha value is 0.180. The molecule has 0 aromatic carbocycles. The molecule has 1 rings (SSSR count). The lowest BCUT2D eigenvalue weighted by atomic mass is 9.92. The number of aliphatic hydroxyl groups excluding tert-OH is 1. The number of likely N-dealkylation sites (N-methyl/N-ethyl adjacent to an activating group) is 1. The van der Waals surface area contributed by atoms with Crippen LogP contribution in [0, 0.1) is 0 Å². The van der Waals surface area contributed by atoms with Gasteiger partial charge in [0.1, 0.15) is 0 Å². The lowest BCUT2D eigenvalue weighted by molar-refractivity contribution is 0.154. The summed E-state index contributed by atoms with van der Waals surface area (Å²) in [6.07, 6.45) is 5.00. The van der Waals surface area contributed by atoms with Crippen LogP contribution in [0.3, 0.4) is 0 Å². The van der Waals surface area contributed by atoms with E-state index in [9.17, 15) is 5.11 Å². The molecule has 4 nitrogen and oxygen atoms in total. The van der Waals surface area contributed by atoms with Gasteiger partial charge in [0.15, 0.2) is 8.68 Å². The summed E-state index contributed by atoms with van der Waals surface area (Å²) in [4.78, 5) is 0. The molecule has 18 heavy (non-hydrogen) atoms. The van der Waals surface area contributed by atoms with Gasteiger partial charge in [0.2, 0.25) is 0 Å². The van der Waals surface area contributed by atoms with Crippen LogP contribution < -0.4 is 5.32 Å². The van der Waals surface area contributed by atoms with Gasteiger partial charge in [0.05, 0.1) is 6.61 Å². The van der Waals surface area contributed by atoms with Crippen molar-refractivity contribution in [2.24, 2.45) is 0 Å². The Bertz CT molecular complexity index is 334. The average Bonchev–Trinajstić information content (AvgIpc) is 2.88. The van der Waals surface area contributed by atoms with Crippen molar-refractivity contribution < 1.29 is 5.11 Å². The molecule has 0 aliphatic rings. The molecule has 0 aliphatic heterocycles. The van der Waals surface area contributed by atoms with Crippen LogP contribution in [0.15, 0.2) is 8.68 Å². The molecule has 1 aromatic rings. The number of aromatic nitrogens is 2. The molecule has 0 saturated carbocycles. The van der Waals surface area contributed by atoms with Gasteiger partial charge in [-0.15, -0.1) is 10.2 Å². The van der Waals surface area contributed by atoms with E-state index in [-0.39, 0.29) is 12.1 Å². The van der Waals surface area contributed by atoms with Gasteiger partial charge in [-0.2, -0.15) is 0 Å². The largest absolute Gasteiger partial charge is 0.394 e. The van der Waals surface area contributed by atoms with E-state index in [1.54, 1.807) is 34.9 Å². The summed E-state index contributed by atoms with van der Waals surface area (Å²) in [6.45, 7) is 2.30. The smallest absolute Gasteiger partial charge is 0.175 e. The van der Waals surface area contributed by atoms with Crippen LogP contribution in [0.25, 0.3) is 0 Å². The molecule has 0 saturated heterocycles. The molecule has 0 fully saturated rings. The minimum atomic E-state index is -0.119. The first-order valence-corrected chi connectivity index (χ1v) is 9.02. The van der Waals surface area contributed by atoms with Crippen molar-refractivity contribution >= 4 is 34.9 Å². The molecule has 2 N–H and O–H groups in total. The van der Waals surface area contributed by atoms with Crippen LogP contribution in [0.1, 0.15) is 26.2 Å².